The Balaban J connectivity index is 2.48. The Labute approximate surface area is 116 Å². The zero-order valence-electron chi connectivity index (χ0n) is 8.88. The van der Waals surface area contributed by atoms with E-state index in [1.807, 2.05) is 0 Å². The quantitative estimate of drug-likeness (QED) is 0.513. The van der Waals surface area contributed by atoms with Gasteiger partial charge in [0.15, 0.2) is 0 Å². The Hall–Kier alpha value is -0.720. The van der Waals surface area contributed by atoms with E-state index in [-0.39, 0.29) is 10.6 Å². The number of thiophene rings is 1. The van der Waals surface area contributed by atoms with Gasteiger partial charge in [0.25, 0.3) is 0 Å². The van der Waals surface area contributed by atoms with Crippen molar-refractivity contribution >= 4 is 34.5 Å². The summed E-state index contributed by atoms with van der Waals surface area (Å²) in [6, 6.07) is 4.63. The van der Waals surface area contributed by atoms with Gasteiger partial charge in [0.05, 0.1) is 15.4 Å². The summed E-state index contributed by atoms with van der Waals surface area (Å²) >= 11 is 12.5. The topological polar surface area (TPSA) is 38.0 Å². The minimum absolute atomic E-state index is 0.0814. The molecule has 0 bridgehead atoms. The van der Waals surface area contributed by atoms with Gasteiger partial charge in [-0.25, -0.2) is 14.2 Å². The molecule has 18 heavy (non-hydrogen) atoms. The third-order valence-corrected chi connectivity index (χ3v) is 3.98. The number of nitrogens with one attached hydrogen (secondary N) is 1. The van der Waals surface area contributed by atoms with Crippen molar-refractivity contribution in [1.82, 2.24) is 5.43 Å². The lowest BCUT2D eigenvalue weighted by atomic mass is 10.1. The van der Waals surface area contributed by atoms with Gasteiger partial charge in [0.2, 0.25) is 0 Å². The molecule has 0 saturated heterocycles. The molecule has 1 aromatic heterocycles. The first-order chi connectivity index (χ1) is 8.52. The molecule has 0 fully saturated rings. The molecule has 0 radical (unpaired) electrons. The molecule has 1 aromatic carbocycles. The van der Waals surface area contributed by atoms with Crippen molar-refractivity contribution in [2.45, 2.75) is 6.04 Å². The number of hydrogen-bond acceptors (Lipinski definition) is 3. The van der Waals surface area contributed by atoms with E-state index in [1.165, 1.54) is 11.3 Å². The molecule has 1 unspecified atom stereocenters. The number of hydrogen-bond donors (Lipinski definition) is 2. The van der Waals surface area contributed by atoms with E-state index in [2.05, 4.69) is 5.43 Å². The molecule has 1 atom stereocenters. The van der Waals surface area contributed by atoms with E-state index in [1.54, 1.807) is 12.1 Å². The Kier molecular flexibility index (Phi) is 4.19. The first-order valence-electron chi connectivity index (χ1n) is 4.88. The Bertz CT molecular complexity index is 574. The zero-order chi connectivity index (χ0) is 13.3. The first-order valence-corrected chi connectivity index (χ1v) is 6.46. The molecule has 2 aromatic rings. The summed E-state index contributed by atoms with van der Waals surface area (Å²) in [5.74, 6) is 4.07. The molecule has 0 aliphatic heterocycles. The predicted octanol–water partition coefficient (Wildman–Crippen LogP) is 3.89. The molecule has 2 nitrogen and oxygen atoms in total. The van der Waals surface area contributed by atoms with Crippen LogP contribution < -0.4 is 11.3 Å². The third-order valence-electron chi connectivity index (χ3n) is 2.40. The monoisotopic (exact) mass is 308 g/mol. The highest BCUT2D eigenvalue weighted by atomic mass is 35.5. The molecular formula is C11H8Cl2F2N2S. The van der Waals surface area contributed by atoms with Gasteiger partial charge in [-0.15, -0.1) is 11.3 Å². The van der Waals surface area contributed by atoms with E-state index in [0.717, 1.165) is 12.1 Å². The summed E-state index contributed by atoms with van der Waals surface area (Å²) in [4.78, 5) is 0.683. The van der Waals surface area contributed by atoms with Crippen LogP contribution in [0.1, 0.15) is 16.5 Å². The van der Waals surface area contributed by atoms with Crippen LogP contribution in [0.5, 0.6) is 0 Å². The van der Waals surface area contributed by atoms with Crippen LogP contribution in [0.3, 0.4) is 0 Å². The van der Waals surface area contributed by atoms with Crippen molar-refractivity contribution in [2.75, 3.05) is 0 Å². The molecule has 0 aliphatic carbocycles. The van der Waals surface area contributed by atoms with Gasteiger partial charge >= 0.3 is 0 Å². The molecule has 0 spiro atoms. The highest BCUT2D eigenvalue weighted by Crippen LogP contribution is 2.33. The summed E-state index contributed by atoms with van der Waals surface area (Å²) in [6.07, 6.45) is 0. The predicted molar refractivity (Wildman–Crippen MR) is 69.9 cm³/mol. The fourth-order valence-electron chi connectivity index (χ4n) is 1.57. The number of halogens is 4. The summed E-state index contributed by atoms with van der Waals surface area (Å²) in [5.41, 5.74) is 2.52. The third kappa shape index (κ3) is 2.65. The van der Waals surface area contributed by atoms with Crippen LogP contribution in [-0.4, -0.2) is 0 Å². The molecule has 1 heterocycles. The van der Waals surface area contributed by atoms with Gasteiger partial charge < -0.3 is 0 Å². The van der Waals surface area contributed by atoms with Gasteiger partial charge in [0.1, 0.15) is 11.6 Å². The lowest BCUT2D eigenvalue weighted by molar-refractivity contribution is 0.549. The van der Waals surface area contributed by atoms with Gasteiger partial charge in [-0.05, 0) is 24.3 Å². The van der Waals surface area contributed by atoms with Crippen molar-refractivity contribution in [3.63, 3.8) is 0 Å². The second kappa shape index (κ2) is 5.50. The molecule has 0 aliphatic rings. The number of hydrazine groups is 1. The van der Waals surface area contributed by atoms with Crippen molar-refractivity contribution in [3.05, 3.63) is 55.7 Å². The molecule has 0 saturated carbocycles. The summed E-state index contributed by atoms with van der Waals surface area (Å²) < 4.78 is 27.7. The molecule has 96 valence electrons. The van der Waals surface area contributed by atoms with Crippen LogP contribution >= 0.6 is 34.5 Å². The van der Waals surface area contributed by atoms with Gasteiger partial charge in [-0.1, -0.05) is 23.2 Å². The maximum absolute atomic E-state index is 13.8. The van der Waals surface area contributed by atoms with Crippen LogP contribution in [0.4, 0.5) is 8.78 Å². The van der Waals surface area contributed by atoms with Crippen LogP contribution in [0.15, 0.2) is 24.3 Å². The van der Waals surface area contributed by atoms with E-state index >= 15 is 0 Å². The van der Waals surface area contributed by atoms with Crippen molar-refractivity contribution in [3.8, 4) is 0 Å². The number of nitrogens with two attached hydrogens (primary N) is 1. The SMILES string of the molecule is NNC(c1ccc(Cl)s1)c1cc(F)c(Cl)cc1F. The zero-order valence-corrected chi connectivity index (χ0v) is 11.2. The molecule has 0 amide bonds. The molecule has 2 rings (SSSR count). The summed E-state index contributed by atoms with van der Waals surface area (Å²) in [5, 5.41) is -0.267. The van der Waals surface area contributed by atoms with E-state index in [4.69, 9.17) is 29.0 Å². The molecular weight excluding hydrogens is 301 g/mol. The summed E-state index contributed by atoms with van der Waals surface area (Å²) in [6.45, 7) is 0. The van der Waals surface area contributed by atoms with Crippen LogP contribution in [0, 0.1) is 11.6 Å². The second-order valence-electron chi connectivity index (χ2n) is 3.53. The van der Waals surface area contributed by atoms with Crippen LogP contribution in [0.25, 0.3) is 0 Å². The van der Waals surface area contributed by atoms with Crippen molar-refractivity contribution in [2.24, 2.45) is 5.84 Å². The summed E-state index contributed by atoms with van der Waals surface area (Å²) in [7, 11) is 0. The molecule has 7 heteroatoms. The largest absolute Gasteiger partial charge is 0.271 e. The Morgan fingerprint density at radius 3 is 2.44 bits per heavy atom. The minimum atomic E-state index is -0.698. The van der Waals surface area contributed by atoms with E-state index < -0.39 is 17.7 Å². The van der Waals surface area contributed by atoms with Crippen LogP contribution in [-0.2, 0) is 0 Å². The minimum Gasteiger partial charge on any atom is -0.271 e. The van der Waals surface area contributed by atoms with Gasteiger partial charge in [-0.3, -0.25) is 5.84 Å². The highest BCUT2D eigenvalue weighted by Gasteiger charge is 2.20. The first kappa shape index (κ1) is 13.7. The highest BCUT2D eigenvalue weighted by molar-refractivity contribution is 7.16. The smallest absolute Gasteiger partial charge is 0.142 e. The Morgan fingerprint density at radius 2 is 1.89 bits per heavy atom. The van der Waals surface area contributed by atoms with E-state index in [0.29, 0.717) is 9.21 Å². The number of benzene rings is 1. The molecule has 3 N–H and O–H groups in total. The standard InChI is InChI=1S/C11H8Cl2F2N2S/c12-6-4-7(14)5(3-8(6)15)11(17-16)9-1-2-10(13)18-9/h1-4,11,17H,16H2. The lowest BCUT2D eigenvalue weighted by Gasteiger charge is -2.16. The van der Waals surface area contributed by atoms with Crippen molar-refractivity contribution < 1.29 is 8.78 Å². The average molecular weight is 309 g/mol. The normalized spacial score (nSPS) is 12.7. The Morgan fingerprint density at radius 1 is 1.17 bits per heavy atom. The van der Waals surface area contributed by atoms with Crippen molar-refractivity contribution in [1.29, 1.82) is 0 Å². The van der Waals surface area contributed by atoms with Crippen LogP contribution in [0.2, 0.25) is 9.36 Å². The van der Waals surface area contributed by atoms with Gasteiger partial charge in [-0.2, -0.15) is 0 Å². The second-order valence-corrected chi connectivity index (χ2v) is 5.68. The van der Waals surface area contributed by atoms with Gasteiger partial charge in [0, 0.05) is 10.4 Å². The lowest BCUT2D eigenvalue weighted by Crippen LogP contribution is -2.29. The fourth-order valence-corrected chi connectivity index (χ4v) is 2.86. The number of rotatable bonds is 3. The van der Waals surface area contributed by atoms with E-state index in [9.17, 15) is 8.78 Å². The average Bonchev–Trinajstić information content (AvgIpc) is 2.73. The maximum Gasteiger partial charge on any atom is 0.142 e. The fraction of sp³-hybridized carbons (Fsp3) is 0.0909. The maximum atomic E-state index is 13.8.